The summed E-state index contributed by atoms with van der Waals surface area (Å²) < 4.78 is 38.3. The first-order valence-corrected chi connectivity index (χ1v) is 7.22. The fraction of sp³-hybridized carbons (Fsp3) is 0.438. The number of benzene rings is 1. The van der Waals surface area contributed by atoms with E-state index in [-0.39, 0.29) is 10.9 Å². The lowest BCUT2D eigenvalue weighted by atomic mass is 9.95. The Morgan fingerprint density at radius 1 is 1.00 bits per heavy atom. The number of hydrogen-bond donors (Lipinski definition) is 1. The maximum Gasteiger partial charge on any atom is 0.416 e. The summed E-state index contributed by atoms with van der Waals surface area (Å²) in [5.41, 5.74) is 1.01. The molecule has 3 rings (SSSR count). The van der Waals surface area contributed by atoms with Crippen LogP contribution in [0.3, 0.4) is 0 Å². The van der Waals surface area contributed by atoms with Gasteiger partial charge in [-0.15, -0.1) is 0 Å². The van der Waals surface area contributed by atoms with Crippen molar-refractivity contribution in [2.45, 2.75) is 44.7 Å². The highest BCUT2D eigenvalue weighted by molar-refractivity contribution is 5.80. The zero-order chi connectivity index (χ0) is 15.0. The average molecular weight is 295 g/mol. The molecular formula is C16H16F3NO. The topological polar surface area (TPSA) is 32.9 Å². The molecule has 1 aliphatic carbocycles. The van der Waals surface area contributed by atoms with Gasteiger partial charge in [-0.3, -0.25) is 4.79 Å². The van der Waals surface area contributed by atoms with Gasteiger partial charge in [0.05, 0.1) is 11.1 Å². The van der Waals surface area contributed by atoms with Crippen molar-refractivity contribution >= 4 is 10.9 Å². The number of alkyl halides is 3. The molecule has 0 saturated carbocycles. The number of hydrogen-bond acceptors (Lipinski definition) is 1. The summed E-state index contributed by atoms with van der Waals surface area (Å²) in [7, 11) is 0. The summed E-state index contributed by atoms with van der Waals surface area (Å²) in [6, 6.07) is 3.30. The molecule has 1 N–H and O–H groups in total. The summed E-state index contributed by atoms with van der Waals surface area (Å²) in [5, 5.41) is 0.349. The van der Waals surface area contributed by atoms with Crippen molar-refractivity contribution in [3.8, 4) is 0 Å². The molecule has 1 aromatic heterocycles. The van der Waals surface area contributed by atoms with Crippen molar-refractivity contribution in [2.75, 3.05) is 0 Å². The first-order chi connectivity index (χ1) is 9.97. The average Bonchev–Trinajstić information content (AvgIpc) is 2.39. The van der Waals surface area contributed by atoms with Gasteiger partial charge in [0.2, 0.25) is 0 Å². The first-order valence-electron chi connectivity index (χ1n) is 7.22. The second-order valence-electron chi connectivity index (χ2n) is 5.58. The Morgan fingerprint density at radius 3 is 2.43 bits per heavy atom. The van der Waals surface area contributed by atoms with Crippen LogP contribution in [-0.4, -0.2) is 4.98 Å². The number of aromatic nitrogens is 1. The second kappa shape index (κ2) is 5.20. The Kier molecular flexibility index (Phi) is 3.51. The molecule has 2 nitrogen and oxygen atoms in total. The fourth-order valence-electron chi connectivity index (χ4n) is 2.99. The molecule has 1 aromatic carbocycles. The van der Waals surface area contributed by atoms with Crippen molar-refractivity contribution in [2.24, 2.45) is 0 Å². The highest BCUT2D eigenvalue weighted by Crippen LogP contribution is 2.31. The van der Waals surface area contributed by atoms with Crippen LogP contribution in [0.1, 0.15) is 42.5 Å². The van der Waals surface area contributed by atoms with E-state index in [1.807, 2.05) is 0 Å². The van der Waals surface area contributed by atoms with Crippen LogP contribution in [0.15, 0.2) is 23.0 Å². The van der Waals surface area contributed by atoms with Crippen LogP contribution in [0.25, 0.3) is 10.9 Å². The maximum absolute atomic E-state index is 12.8. The summed E-state index contributed by atoms with van der Waals surface area (Å²) in [5.74, 6) is 0. The molecule has 112 valence electrons. The standard InChI is InChI=1S/C16H16F3NO/c17-16(18,19)10-7-8-12-14(9-10)20-13-6-4-2-1-3-5-11(13)15(12)21/h7-9H,1-6H2,(H,20,21). The van der Waals surface area contributed by atoms with Crippen molar-refractivity contribution < 1.29 is 13.2 Å². The third-order valence-electron chi connectivity index (χ3n) is 4.12. The van der Waals surface area contributed by atoms with Gasteiger partial charge in [0.1, 0.15) is 0 Å². The van der Waals surface area contributed by atoms with Gasteiger partial charge in [0.15, 0.2) is 5.43 Å². The lowest BCUT2D eigenvalue weighted by molar-refractivity contribution is -0.137. The normalized spacial score (nSPS) is 16.3. The molecule has 0 radical (unpaired) electrons. The summed E-state index contributed by atoms with van der Waals surface area (Å²) in [6.07, 6.45) is 1.18. The van der Waals surface area contributed by atoms with Crippen LogP contribution >= 0.6 is 0 Å². The van der Waals surface area contributed by atoms with Gasteiger partial charge in [0.25, 0.3) is 0 Å². The van der Waals surface area contributed by atoms with E-state index >= 15 is 0 Å². The highest BCUT2D eigenvalue weighted by Gasteiger charge is 2.30. The van der Waals surface area contributed by atoms with Crippen LogP contribution in [0, 0.1) is 0 Å². The quantitative estimate of drug-likeness (QED) is 0.776. The molecule has 0 atom stereocenters. The highest BCUT2D eigenvalue weighted by atomic mass is 19.4. The van der Waals surface area contributed by atoms with E-state index < -0.39 is 11.7 Å². The van der Waals surface area contributed by atoms with E-state index in [4.69, 9.17) is 0 Å². The van der Waals surface area contributed by atoms with Gasteiger partial charge < -0.3 is 4.98 Å². The van der Waals surface area contributed by atoms with Crippen molar-refractivity contribution in [1.82, 2.24) is 4.98 Å². The minimum absolute atomic E-state index is 0.116. The molecule has 0 fully saturated rings. The van der Waals surface area contributed by atoms with Crippen molar-refractivity contribution in [1.29, 1.82) is 0 Å². The number of fused-ring (bicyclic) bond motifs is 2. The van der Waals surface area contributed by atoms with Crippen molar-refractivity contribution in [3.63, 3.8) is 0 Å². The molecular weight excluding hydrogens is 279 g/mol. The zero-order valence-electron chi connectivity index (χ0n) is 11.5. The molecule has 0 unspecified atom stereocenters. The Bertz CT molecular complexity index is 731. The van der Waals surface area contributed by atoms with Crippen LogP contribution < -0.4 is 5.43 Å². The monoisotopic (exact) mass is 295 g/mol. The summed E-state index contributed by atoms with van der Waals surface area (Å²) in [4.78, 5) is 15.6. The van der Waals surface area contributed by atoms with Gasteiger partial charge >= 0.3 is 6.18 Å². The number of nitrogens with one attached hydrogen (secondary N) is 1. The fourth-order valence-corrected chi connectivity index (χ4v) is 2.99. The lowest BCUT2D eigenvalue weighted by Gasteiger charge is -2.15. The number of pyridine rings is 1. The number of aromatic amines is 1. The molecule has 0 saturated heterocycles. The Labute approximate surface area is 120 Å². The zero-order valence-corrected chi connectivity index (χ0v) is 11.5. The van der Waals surface area contributed by atoms with Crippen LogP contribution in [-0.2, 0) is 19.0 Å². The third-order valence-corrected chi connectivity index (χ3v) is 4.12. The predicted molar refractivity (Wildman–Crippen MR) is 75.4 cm³/mol. The first kappa shape index (κ1) is 14.2. The van der Waals surface area contributed by atoms with Gasteiger partial charge in [-0.05, 0) is 43.9 Å². The molecule has 0 bridgehead atoms. The Balaban J connectivity index is 2.20. The number of rotatable bonds is 0. The number of aryl methyl sites for hydroxylation is 1. The van der Waals surface area contributed by atoms with Crippen LogP contribution in [0.5, 0.6) is 0 Å². The molecule has 0 spiro atoms. The van der Waals surface area contributed by atoms with E-state index in [2.05, 4.69) is 4.98 Å². The Hall–Kier alpha value is -1.78. The van der Waals surface area contributed by atoms with E-state index in [1.54, 1.807) is 0 Å². The van der Waals surface area contributed by atoms with Crippen LogP contribution in [0.2, 0.25) is 0 Å². The molecule has 21 heavy (non-hydrogen) atoms. The smallest absolute Gasteiger partial charge is 0.358 e. The number of halogens is 3. The van der Waals surface area contributed by atoms with Gasteiger partial charge in [-0.25, -0.2) is 0 Å². The largest absolute Gasteiger partial charge is 0.416 e. The van der Waals surface area contributed by atoms with Crippen LogP contribution in [0.4, 0.5) is 13.2 Å². The summed E-state index contributed by atoms with van der Waals surface area (Å²) >= 11 is 0. The molecule has 5 heteroatoms. The molecule has 1 heterocycles. The Morgan fingerprint density at radius 2 is 1.71 bits per heavy atom. The second-order valence-corrected chi connectivity index (χ2v) is 5.58. The maximum atomic E-state index is 12.8. The summed E-state index contributed by atoms with van der Waals surface area (Å²) in [6.45, 7) is 0. The minimum atomic E-state index is -4.39. The molecule has 1 aliphatic rings. The third kappa shape index (κ3) is 2.69. The lowest BCUT2D eigenvalue weighted by Crippen LogP contribution is -2.17. The predicted octanol–water partition coefficient (Wildman–Crippen LogP) is 4.21. The molecule has 0 amide bonds. The van der Waals surface area contributed by atoms with E-state index in [1.165, 1.54) is 6.07 Å². The van der Waals surface area contributed by atoms with Crippen molar-refractivity contribution in [3.05, 3.63) is 45.2 Å². The number of H-pyrrole nitrogens is 1. The minimum Gasteiger partial charge on any atom is -0.358 e. The van der Waals surface area contributed by atoms with E-state index in [0.717, 1.165) is 55.5 Å². The van der Waals surface area contributed by atoms with Gasteiger partial charge in [-0.1, -0.05) is 12.8 Å². The van der Waals surface area contributed by atoms with Gasteiger partial charge in [0, 0.05) is 16.6 Å². The molecule has 2 aromatic rings. The van der Waals surface area contributed by atoms with E-state index in [9.17, 15) is 18.0 Å². The van der Waals surface area contributed by atoms with E-state index in [0.29, 0.717) is 11.8 Å². The van der Waals surface area contributed by atoms with Gasteiger partial charge in [-0.2, -0.15) is 13.2 Å². The SMILES string of the molecule is O=c1c2c([nH]c3cc(C(F)(F)F)ccc13)CCCCCC2. The molecule has 0 aliphatic heterocycles.